The standard InChI is InChI=1S/C20H14FN5O/c1-12-19(11-27)23-20(13-3-4-14(9-22)17(21)8-13)26(12)16-5-6-18-15(7-16)10-25(2)24-18/h3-8,10-11H,1-2H3. The van der Waals surface area contributed by atoms with Gasteiger partial charge in [0.15, 0.2) is 6.29 Å². The third-order valence-electron chi connectivity index (χ3n) is 4.46. The summed E-state index contributed by atoms with van der Waals surface area (Å²) in [6, 6.07) is 11.8. The Kier molecular flexibility index (Phi) is 3.81. The van der Waals surface area contributed by atoms with Gasteiger partial charge in [-0.1, -0.05) is 0 Å². The normalized spacial score (nSPS) is 10.9. The molecule has 132 valence electrons. The molecular weight excluding hydrogens is 345 g/mol. The number of nitrogens with zero attached hydrogens (tertiary/aromatic N) is 5. The minimum atomic E-state index is -0.627. The predicted octanol–water partition coefficient (Wildman–Crippen LogP) is 3.56. The number of hydrogen-bond acceptors (Lipinski definition) is 4. The molecule has 4 aromatic rings. The van der Waals surface area contributed by atoms with E-state index >= 15 is 0 Å². The zero-order valence-corrected chi connectivity index (χ0v) is 14.6. The molecule has 0 saturated heterocycles. The number of fused-ring (bicyclic) bond motifs is 1. The summed E-state index contributed by atoms with van der Waals surface area (Å²) in [6.45, 7) is 1.79. The Morgan fingerprint density at radius 2 is 2.04 bits per heavy atom. The van der Waals surface area contributed by atoms with Crippen molar-refractivity contribution in [3.05, 3.63) is 65.4 Å². The first-order valence-corrected chi connectivity index (χ1v) is 8.20. The van der Waals surface area contributed by atoms with Crippen LogP contribution in [0.2, 0.25) is 0 Å². The van der Waals surface area contributed by atoms with Crippen LogP contribution in [0.5, 0.6) is 0 Å². The molecule has 6 nitrogen and oxygen atoms in total. The molecule has 0 saturated carbocycles. The zero-order valence-electron chi connectivity index (χ0n) is 14.6. The maximum atomic E-state index is 14.1. The molecule has 0 bridgehead atoms. The largest absolute Gasteiger partial charge is 0.296 e. The highest BCUT2D eigenvalue weighted by molar-refractivity contribution is 5.82. The summed E-state index contributed by atoms with van der Waals surface area (Å²) < 4.78 is 17.7. The summed E-state index contributed by atoms with van der Waals surface area (Å²) in [7, 11) is 1.84. The molecule has 0 radical (unpaired) electrons. The highest BCUT2D eigenvalue weighted by Gasteiger charge is 2.18. The van der Waals surface area contributed by atoms with Crippen molar-refractivity contribution in [3.63, 3.8) is 0 Å². The topological polar surface area (TPSA) is 76.5 Å². The van der Waals surface area contributed by atoms with Crippen molar-refractivity contribution >= 4 is 17.2 Å². The minimum absolute atomic E-state index is 0.0408. The molecule has 2 heterocycles. The fourth-order valence-corrected chi connectivity index (χ4v) is 3.16. The van der Waals surface area contributed by atoms with Gasteiger partial charge in [0.05, 0.1) is 16.8 Å². The first-order valence-electron chi connectivity index (χ1n) is 8.20. The minimum Gasteiger partial charge on any atom is -0.296 e. The van der Waals surface area contributed by atoms with E-state index in [1.807, 2.05) is 31.4 Å². The lowest BCUT2D eigenvalue weighted by molar-refractivity contribution is 0.111. The van der Waals surface area contributed by atoms with Crippen LogP contribution in [-0.4, -0.2) is 25.6 Å². The molecule has 0 aliphatic carbocycles. The van der Waals surface area contributed by atoms with Gasteiger partial charge in [-0.15, -0.1) is 0 Å². The summed E-state index contributed by atoms with van der Waals surface area (Å²) in [5, 5.41) is 14.2. The number of carbonyl (C=O) groups excluding carboxylic acids is 1. The average Bonchev–Trinajstić information content (AvgIpc) is 3.19. The van der Waals surface area contributed by atoms with E-state index in [9.17, 15) is 9.18 Å². The van der Waals surface area contributed by atoms with Crippen molar-refractivity contribution in [2.45, 2.75) is 6.92 Å². The number of aromatic nitrogens is 4. The highest BCUT2D eigenvalue weighted by Crippen LogP contribution is 2.28. The summed E-state index contributed by atoms with van der Waals surface area (Å²) >= 11 is 0. The highest BCUT2D eigenvalue weighted by atomic mass is 19.1. The number of rotatable bonds is 3. The van der Waals surface area contributed by atoms with Crippen molar-refractivity contribution in [1.29, 1.82) is 5.26 Å². The number of nitriles is 1. The number of carbonyl (C=O) groups is 1. The van der Waals surface area contributed by atoms with E-state index in [1.165, 1.54) is 12.1 Å². The molecule has 2 aromatic carbocycles. The first kappa shape index (κ1) is 16.7. The van der Waals surface area contributed by atoms with E-state index in [1.54, 1.807) is 28.3 Å². The third-order valence-corrected chi connectivity index (χ3v) is 4.46. The van der Waals surface area contributed by atoms with Crippen molar-refractivity contribution in [1.82, 2.24) is 19.3 Å². The Labute approximate surface area is 154 Å². The number of hydrogen-bond donors (Lipinski definition) is 0. The maximum Gasteiger partial charge on any atom is 0.170 e. The Morgan fingerprint density at radius 3 is 2.74 bits per heavy atom. The molecule has 0 amide bonds. The summed E-state index contributed by atoms with van der Waals surface area (Å²) in [4.78, 5) is 15.8. The molecule has 0 N–H and O–H groups in total. The van der Waals surface area contributed by atoms with Gasteiger partial charge in [0, 0.05) is 29.9 Å². The lowest BCUT2D eigenvalue weighted by atomic mass is 10.1. The fraction of sp³-hybridized carbons (Fsp3) is 0.100. The van der Waals surface area contributed by atoms with E-state index in [2.05, 4.69) is 10.1 Å². The molecule has 0 spiro atoms. The van der Waals surface area contributed by atoms with Crippen LogP contribution < -0.4 is 0 Å². The van der Waals surface area contributed by atoms with Gasteiger partial charge in [0.1, 0.15) is 23.4 Å². The van der Waals surface area contributed by atoms with E-state index < -0.39 is 5.82 Å². The van der Waals surface area contributed by atoms with Crippen LogP contribution in [0.3, 0.4) is 0 Å². The number of benzene rings is 2. The molecule has 0 fully saturated rings. The van der Waals surface area contributed by atoms with Gasteiger partial charge in [-0.3, -0.25) is 14.0 Å². The van der Waals surface area contributed by atoms with E-state index in [0.29, 0.717) is 23.4 Å². The van der Waals surface area contributed by atoms with Crippen LogP contribution >= 0.6 is 0 Å². The molecule has 0 unspecified atom stereocenters. The second-order valence-corrected chi connectivity index (χ2v) is 6.21. The Balaban J connectivity index is 1.96. The Bertz CT molecular complexity index is 1250. The molecule has 0 atom stereocenters. The Hall–Kier alpha value is -3.79. The average molecular weight is 359 g/mol. The molecule has 27 heavy (non-hydrogen) atoms. The van der Waals surface area contributed by atoms with Crippen LogP contribution in [-0.2, 0) is 7.05 Å². The molecule has 7 heteroatoms. The van der Waals surface area contributed by atoms with E-state index in [0.717, 1.165) is 16.6 Å². The SMILES string of the molecule is Cc1c(C=O)nc(-c2ccc(C#N)c(F)c2)n1-c1ccc2nn(C)cc2c1. The van der Waals surface area contributed by atoms with Crippen molar-refractivity contribution in [3.8, 4) is 23.1 Å². The summed E-state index contributed by atoms with van der Waals surface area (Å²) in [6.07, 6.45) is 2.57. The Morgan fingerprint density at radius 1 is 1.22 bits per heavy atom. The molecular formula is C20H14FN5O. The van der Waals surface area contributed by atoms with Crippen molar-refractivity contribution < 1.29 is 9.18 Å². The second-order valence-electron chi connectivity index (χ2n) is 6.21. The summed E-state index contributed by atoms with van der Waals surface area (Å²) in [5.74, 6) is -0.196. The quantitative estimate of drug-likeness (QED) is 0.524. The van der Waals surface area contributed by atoms with Crippen LogP contribution in [0.25, 0.3) is 28.0 Å². The van der Waals surface area contributed by atoms with Crippen molar-refractivity contribution in [2.24, 2.45) is 7.05 Å². The fourth-order valence-electron chi connectivity index (χ4n) is 3.16. The van der Waals surface area contributed by atoms with Crippen LogP contribution in [0.15, 0.2) is 42.6 Å². The first-order chi connectivity index (χ1) is 13.0. The van der Waals surface area contributed by atoms with Gasteiger partial charge in [-0.05, 0) is 43.3 Å². The van der Waals surface area contributed by atoms with E-state index in [4.69, 9.17) is 5.26 Å². The van der Waals surface area contributed by atoms with Gasteiger partial charge in [-0.25, -0.2) is 9.37 Å². The lowest BCUT2D eigenvalue weighted by Gasteiger charge is -2.11. The number of imidazole rings is 1. The van der Waals surface area contributed by atoms with Crippen LogP contribution in [0.4, 0.5) is 4.39 Å². The van der Waals surface area contributed by atoms with Gasteiger partial charge in [-0.2, -0.15) is 10.4 Å². The smallest absolute Gasteiger partial charge is 0.170 e. The number of aldehydes is 1. The molecule has 4 rings (SSSR count). The van der Waals surface area contributed by atoms with Crippen molar-refractivity contribution in [2.75, 3.05) is 0 Å². The monoisotopic (exact) mass is 359 g/mol. The van der Waals surface area contributed by atoms with Gasteiger partial charge in [0.25, 0.3) is 0 Å². The summed E-state index contributed by atoms with van der Waals surface area (Å²) in [5.41, 5.74) is 3.00. The van der Waals surface area contributed by atoms with Crippen LogP contribution in [0, 0.1) is 24.1 Å². The van der Waals surface area contributed by atoms with Gasteiger partial charge in [0.2, 0.25) is 0 Å². The van der Waals surface area contributed by atoms with E-state index in [-0.39, 0.29) is 11.3 Å². The predicted molar refractivity (Wildman–Crippen MR) is 98.1 cm³/mol. The molecule has 0 aliphatic heterocycles. The zero-order chi connectivity index (χ0) is 19.1. The third kappa shape index (κ3) is 2.68. The molecule has 0 aliphatic rings. The molecule has 2 aromatic heterocycles. The lowest BCUT2D eigenvalue weighted by Crippen LogP contribution is -2.00. The second kappa shape index (κ2) is 6.18. The number of halogens is 1. The van der Waals surface area contributed by atoms with Gasteiger partial charge < -0.3 is 0 Å². The maximum absolute atomic E-state index is 14.1. The number of aryl methyl sites for hydroxylation is 1. The van der Waals surface area contributed by atoms with Crippen LogP contribution in [0.1, 0.15) is 21.7 Å². The van der Waals surface area contributed by atoms with Gasteiger partial charge >= 0.3 is 0 Å².